The van der Waals surface area contributed by atoms with Crippen LogP contribution in [0.15, 0.2) is 20.3 Å². The first-order chi connectivity index (χ1) is 8.69. The summed E-state index contributed by atoms with van der Waals surface area (Å²) in [5, 5.41) is 8.08. The summed E-state index contributed by atoms with van der Waals surface area (Å²) in [7, 11) is 0. The number of halogens is 1. The van der Waals surface area contributed by atoms with E-state index >= 15 is 0 Å². The average Bonchev–Trinajstić information content (AvgIpc) is 2.97. The highest BCUT2D eigenvalue weighted by molar-refractivity contribution is 9.11. The van der Waals surface area contributed by atoms with Gasteiger partial charge in [0.25, 0.3) is 5.89 Å². The molecule has 0 saturated heterocycles. The molecule has 0 aliphatic rings. The highest BCUT2D eigenvalue weighted by atomic mass is 79.9. The zero-order valence-electron chi connectivity index (χ0n) is 9.93. The molecule has 0 fully saturated rings. The van der Waals surface area contributed by atoms with Crippen molar-refractivity contribution in [3.05, 3.63) is 21.8 Å². The quantitative estimate of drug-likeness (QED) is 0.865. The van der Waals surface area contributed by atoms with Gasteiger partial charge in [0.15, 0.2) is 0 Å². The summed E-state index contributed by atoms with van der Waals surface area (Å²) in [6, 6.07) is 4.18. The van der Waals surface area contributed by atoms with Gasteiger partial charge in [-0.15, -0.1) is 21.5 Å². The Hall–Kier alpha value is -0.370. The molecule has 7 heteroatoms. The average molecular weight is 348 g/mol. The van der Waals surface area contributed by atoms with E-state index in [2.05, 4.69) is 33.1 Å². The molecule has 0 aliphatic carbocycles. The molecule has 2 rings (SSSR count). The van der Waals surface area contributed by atoms with E-state index in [9.17, 15) is 0 Å². The van der Waals surface area contributed by atoms with Crippen LogP contribution in [0.2, 0.25) is 0 Å². The van der Waals surface area contributed by atoms with E-state index in [1.165, 1.54) is 0 Å². The van der Waals surface area contributed by atoms with E-state index in [-0.39, 0.29) is 6.04 Å². The largest absolute Gasteiger partial charge is 0.419 e. The van der Waals surface area contributed by atoms with Gasteiger partial charge in [-0.1, -0.05) is 6.92 Å². The summed E-state index contributed by atoms with van der Waals surface area (Å²) < 4.78 is 6.66. The molecule has 0 saturated carbocycles. The Bertz CT molecular complexity index is 500. The minimum atomic E-state index is 0.241. The molecule has 0 aromatic carbocycles. The van der Waals surface area contributed by atoms with E-state index in [0.717, 1.165) is 20.8 Å². The van der Waals surface area contributed by atoms with Crippen LogP contribution in [0.3, 0.4) is 0 Å². The van der Waals surface area contributed by atoms with Crippen molar-refractivity contribution in [2.45, 2.75) is 25.1 Å². The van der Waals surface area contributed by atoms with Gasteiger partial charge in [-0.25, -0.2) is 0 Å². The van der Waals surface area contributed by atoms with Crippen LogP contribution in [0.4, 0.5) is 0 Å². The zero-order valence-corrected chi connectivity index (χ0v) is 13.1. The third-order valence-electron chi connectivity index (χ3n) is 2.33. The molecule has 2 N–H and O–H groups in total. The van der Waals surface area contributed by atoms with Gasteiger partial charge in [0.05, 0.1) is 14.4 Å². The molecule has 0 bridgehead atoms. The second-order valence-electron chi connectivity index (χ2n) is 3.79. The molecule has 2 aromatic heterocycles. The fourth-order valence-electron chi connectivity index (χ4n) is 1.26. The number of rotatable bonds is 6. The van der Waals surface area contributed by atoms with Crippen LogP contribution in [0.5, 0.6) is 0 Å². The zero-order chi connectivity index (χ0) is 13.0. The molecule has 0 radical (unpaired) electrons. The third-order valence-corrected chi connectivity index (χ3v) is 5.06. The van der Waals surface area contributed by atoms with Crippen molar-refractivity contribution in [3.63, 3.8) is 0 Å². The van der Waals surface area contributed by atoms with Crippen molar-refractivity contribution in [2.24, 2.45) is 5.73 Å². The van der Waals surface area contributed by atoms with Gasteiger partial charge in [-0.2, -0.15) is 11.8 Å². The molecular formula is C11H14BrN3OS2. The molecule has 4 nitrogen and oxygen atoms in total. The van der Waals surface area contributed by atoms with Gasteiger partial charge >= 0.3 is 0 Å². The molecule has 0 amide bonds. The van der Waals surface area contributed by atoms with E-state index in [0.29, 0.717) is 17.5 Å². The number of nitrogens with two attached hydrogens (primary N) is 1. The van der Waals surface area contributed by atoms with E-state index in [1.54, 1.807) is 23.1 Å². The topological polar surface area (TPSA) is 64.9 Å². The second-order valence-corrected chi connectivity index (χ2v) is 7.28. The monoisotopic (exact) mass is 347 g/mol. The molecule has 1 atom stereocenters. The van der Waals surface area contributed by atoms with Gasteiger partial charge in [0.1, 0.15) is 0 Å². The van der Waals surface area contributed by atoms with Crippen LogP contribution in [-0.4, -0.2) is 22.0 Å². The van der Waals surface area contributed by atoms with Gasteiger partial charge in [0, 0.05) is 11.8 Å². The number of aromatic nitrogens is 2. The Kier molecular flexibility index (Phi) is 5.23. The van der Waals surface area contributed by atoms with Crippen LogP contribution in [-0.2, 0) is 5.75 Å². The highest BCUT2D eigenvalue weighted by Gasteiger charge is 2.11. The lowest BCUT2D eigenvalue weighted by Gasteiger charge is -2.05. The Balaban J connectivity index is 1.90. The first-order valence-electron chi connectivity index (χ1n) is 5.60. The van der Waals surface area contributed by atoms with Gasteiger partial charge in [-0.05, 0) is 34.5 Å². The molecule has 0 spiro atoms. The van der Waals surface area contributed by atoms with Gasteiger partial charge in [0.2, 0.25) is 5.89 Å². The minimum Gasteiger partial charge on any atom is -0.419 e. The van der Waals surface area contributed by atoms with Crippen LogP contribution in [0.25, 0.3) is 10.8 Å². The lowest BCUT2D eigenvalue weighted by molar-refractivity contribution is 0.529. The number of hydrogen-bond donors (Lipinski definition) is 1. The maximum Gasteiger partial charge on any atom is 0.257 e. The van der Waals surface area contributed by atoms with Crippen molar-refractivity contribution in [3.8, 4) is 10.8 Å². The first-order valence-corrected chi connectivity index (χ1v) is 8.37. The Morgan fingerprint density at radius 2 is 2.33 bits per heavy atom. The summed E-state index contributed by atoms with van der Waals surface area (Å²) in [4.78, 5) is 0.982. The van der Waals surface area contributed by atoms with Crippen LogP contribution in [0.1, 0.15) is 19.2 Å². The molecule has 18 heavy (non-hydrogen) atoms. The second kappa shape index (κ2) is 6.70. The van der Waals surface area contributed by atoms with E-state index < -0.39 is 0 Å². The van der Waals surface area contributed by atoms with Crippen LogP contribution >= 0.6 is 39.0 Å². The van der Waals surface area contributed by atoms with E-state index in [1.807, 2.05) is 12.1 Å². The Morgan fingerprint density at radius 3 is 3.00 bits per heavy atom. The minimum absolute atomic E-state index is 0.241. The summed E-state index contributed by atoms with van der Waals surface area (Å²) >= 11 is 6.72. The fourth-order valence-corrected chi connectivity index (χ4v) is 3.51. The molecule has 1 unspecified atom stereocenters. The number of hydrogen-bond acceptors (Lipinski definition) is 6. The van der Waals surface area contributed by atoms with Gasteiger partial charge in [-0.3, -0.25) is 0 Å². The molecule has 0 aliphatic heterocycles. The lowest BCUT2D eigenvalue weighted by atomic mass is 10.3. The standard InChI is InChI=1S/C11H14BrN3OS2/c1-2-7(13)5-17-6-10-14-15-11(16-10)8-3-4-9(12)18-8/h3-4,7H,2,5-6,13H2,1H3. The number of thioether (sulfide) groups is 1. The SMILES string of the molecule is CCC(N)CSCc1nnc(-c2ccc(Br)s2)o1. The molecule has 98 valence electrons. The maximum absolute atomic E-state index is 5.85. The summed E-state index contributed by atoms with van der Waals surface area (Å²) in [5.74, 6) is 2.87. The predicted octanol–water partition coefficient (Wildman–Crippen LogP) is 3.53. The van der Waals surface area contributed by atoms with Crippen molar-refractivity contribution in [1.82, 2.24) is 10.2 Å². The molecule has 2 heterocycles. The summed E-state index contributed by atoms with van der Waals surface area (Å²) in [6.45, 7) is 2.09. The maximum atomic E-state index is 5.85. The van der Waals surface area contributed by atoms with Gasteiger partial charge < -0.3 is 10.2 Å². The van der Waals surface area contributed by atoms with Crippen molar-refractivity contribution >= 4 is 39.0 Å². The predicted molar refractivity (Wildman–Crippen MR) is 79.7 cm³/mol. The molecule has 2 aromatic rings. The van der Waals surface area contributed by atoms with Crippen molar-refractivity contribution < 1.29 is 4.42 Å². The Morgan fingerprint density at radius 1 is 1.50 bits per heavy atom. The first kappa shape index (κ1) is 14.0. The van der Waals surface area contributed by atoms with Crippen molar-refractivity contribution in [2.75, 3.05) is 5.75 Å². The van der Waals surface area contributed by atoms with Crippen LogP contribution in [0, 0.1) is 0 Å². The molecular weight excluding hydrogens is 334 g/mol. The third kappa shape index (κ3) is 3.81. The van der Waals surface area contributed by atoms with E-state index in [4.69, 9.17) is 10.2 Å². The van der Waals surface area contributed by atoms with Crippen LogP contribution < -0.4 is 5.73 Å². The number of nitrogens with zero attached hydrogens (tertiary/aromatic N) is 2. The smallest absolute Gasteiger partial charge is 0.257 e. The summed E-state index contributed by atoms with van der Waals surface area (Å²) in [6.07, 6.45) is 0.991. The Labute approximate surface area is 122 Å². The normalized spacial score (nSPS) is 12.8. The highest BCUT2D eigenvalue weighted by Crippen LogP contribution is 2.30. The fraction of sp³-hybridized carbons (Fsp3) is 0.455. The van der Waals surface area contributed by atoms with Crippen molar-refractivity contribution in [1.29, 1.82) is 0 Å². The lowest BCUT2D eigenvalue weighted by Crippen LogP contribution is -2.21. The summed E-state index contributed by atoms with van der Waals surface area (Å²) in [5.41, 5.74) is 5.85. The number of thiophene rings is 1.